The summed E-state index contributed by atoms with van der Waals surface area (Å²) >= 11 is 0. The Morgan fingerprint density at radius 2 is 1.75 bits per heavy atom. The highest BCUT2D eigenvalue weighted by atomic mass is 19.4. The van der Waals surface area contributed by atoms with Gasteiger partial charge in [-0.3, -0.25) is 4.79 Å². The highest BCUT2D eigenvalue weighted by Crippen LogP contribution is 2.33. The molecule has 1 fully saturated rings. The number of aliphatic hydroxyl groups is 2. The number of hydrogen-bond donors (Lipinski definition) is 2. The molecular weight excluding hydrogens is 323 g/mol. The molecule has 2 rings (SSSR count). The van der Waals surface area contributed by atoms with Gasteiger partial charge < -0.3 is 15.1 Å². The quantitative estimate of drug-likeness (QED) is 0.881. The summed E-state index contributed by atoms with van der Waals surface area (Å²) in [6.07, 6.45) is -5.20. The van der Waals surface area contributed by atoms with Gasteiger partial charge in [-0.1, -0.05) is 12.1 Å². The van der Waals surface area contributed by atoms with E-state index < -0.39 is 12.3 Å². The molecule has 24 heavy (non-hydrogen) atoms. The fourth-order valence-electron chi connectivity index (χ4n) is 3.03. The first-order valence-electron chi connectivity index (χ1n) is 8.08. The number of aliphatic hydroxyl groups excluding tert-OH is 2. The van der Waals surface area contributed by atoms with Gasteiger partial charge in [0, 0.05) is 18.2 Å². The van der Waals surface area contributed by atoms with E-state index in [1.165, 1.54) is 29.2 Å². The van der Waals surface area contributed by atoms with Crippen molar-refractivity contribution in [1.82, 2.24) is 0 Å². The van der Waals surface area contributed by atoms with Crippen LogP contribution in [0.2, 0.25) is 0 Å². The zero-order valence-corrected chi connectivity index (χ0v) is 13.5. The lowest BCUT2D eigenvalue weighted by atomic mass is 9.86. The van der Waals surface area contributed by atoms with Gasteiger partial charge in [0.1, 0.15) is 0 Å². The number of benzene rings is 1. The lowest BCUT2D eigenvalue weighted by Gasteiger charge is -2.30. The molecule has 7 heteroatoms. The first-order chi connectivity index (χ1) is 11.2. The maximum absolute atomic E-state index is 12.6. The second-order valence-electron chi connectivity index (χ2n) is 6.12. The third kappa shape index (κ3) is 4.27. The van der Waals surface area contributed by atoms with Crippen LogP contribution in [0.4, 0.5) is 18.9 Å². The number of carbonyl (C=O) groups is 1. The number of anilines is 1. The Kier molecular flexibility index (Phi) is 5.87. The van der Waals surface area contributed by atoms with Crippen LogP contribution in [0.25, 0.3) is 0 Å². The average molecular weight is 345 g/mol. The van der Waals surface area contributed by atoms with Gasteiger partial charge >= 0.3 is 6.18 Å². The van der Waals surface area contributed by atoms with E-state index in [0.717, 1.165) is 0 Å². The molecule has 134 valence electrons. The molecule has 4 nitrogen and oxygen atoms in total. The molecule has 0 aromatic heterocycles. The predicted octanol–water partition coefficient (Wildman–Crippen LogP) is 3.19. The van der Waals surface area contributed by atoms with Crippen LogP contribution in [0.1, 0.15) is 44.3 Å². The average Bonchev–Trinajstić information content (AvgIpc) is 2.55. The summed E-state index contributed by atoms with van der Waals surface area (Å²) in [7, 11) is 0. The van der Waals surface area contributed by atoms with Crippen molar-refractivity contribution in [3.05, 3.63) is 29.8 Å². The van der Waals surface area contributed by atoms with Crippen molar-refractivity contribution in [2.75, 3.05) is 11.4 Å². The highest BCUT2D eigenvalue weighted by molar-refractivity contribution is 5.95. The van der Waals surface area contributed by atoms with Crippen molar-refractivity contribution in [3.8, 4) is 0 Å². The SMILES string of the molecule is CCN(C(=O)C1CCC(O)CC1)c1ccc(C(O)C(F)(F)F)cc1. The van der Waals surface area contributed by atoms with Crippen LogP contribution in [0.5, 0.6) is 0 Å². The number of hydrogen-bond acceptors (Lipinski definition) is 3. The van der Waals surface area contributed by atoms with Crippen molar-refractivity contribution >= 4 is 11.6 Å². The van der Waals surface area contributed by atoms with Crippen molar-refractivity contribution < 1.29 is 28.2 Å². The van der Waals surface area contributed by atoms with Crippen molar-refractivity contribution in [2.45, 2.75) is 51.0 Å². The van der Waals surface area contributed by atoms with Crippen LogP contribution >= 0.6 is 0 Å². The van der Waals surface area contributed by atoms with Crippen LogP contribution in [0.3, 0.4) is 0 Å². The van der Waals surface area contributed by atoms with Gasteiger partial charge in [0.15, 0.2) is 6.10 Å². The summed E-state index contributed by atoms with van der Waals surface area (Å²) in [5.74, 6) is -0.248. The van der Waals surface area contributed by atoms with E-state index in [4.69, 9.17) is 0 Å². The van der Waals surface area contributed by atoms with E-state index in [9.17, 15) is 28.2 Å². The molecule has 1 amide bonds. The minimum absolute atomic E-state index is 0.0754. The standard InChI is InChI=1S/C17H22F3NO3/c1-2-21(16(24)12-5-9-14(22)10-6-12)13-7-3-11(4-8-13)15(23)17(18,19)20/h3-4,7-8,12,14-15,22-23H,2,5-6,9-10H2,1H3. The maximum atomic E-state index is 12.6. The zero-order chi connectivity index (χ0) is 17.9. The second kappa shape index (κ2) is 7.53. The molecular formula is C17H22F3NO3. The zero-order valence-electron chi connectivity index (χ0n) is 13.5. The van der Waals surface area contributed by atoms with Crippen LogP contribution in [0.15, 0.2) is 24.3 Å². The lowest BCUT2D eigenvalue weighted by Crippen LogP contribution is -2.38. The molecule has 1 aromatic rings. The number of amides is 1. The Hall–Kier alpha value is -1.60. The van der Waals surface area contributed by atoms with E-state index in [0.29, 0.717) is 37.9 Å². The minimum atomic E-state index is -4.72. The van der Waals surface area contributed by atoms with Crippen LogP contribution in [-0.2, 0) is 4.79 Å². The predicted molar refractivity (Wildman–Crippen MR) is 83.4 cm³/mol. The van der Waals surface area contributed by atoms with Gasteiger partial charge in [-0.15, -0.1) is 0 Å². The Morgan fingerprint density at radius 3 is 2.21 bits per heavy atom. The van der Waals surface area contributed by atoms with Gasteiger partial charge in [-0.25, -0.2) is 0 Å². The van der Waals surface area contributed by atoms with Gasteiger partial charge in [0.25, 0.3) is 0 Å². The molecule has 0 bridgehead atoms. The molecule has 0 heterocycles. The first kappa shape index (κ1) is 18.7. The van der Waals surface area contributed by atoms with Crippen LogP contribution in [-0.4, -0.2) is 34.9 Å². The Balaban J connectivity index is 2.11. The van der Waals surface area contributed by atoms with Crippen molar-refractivity contribution in [1.29, 1.82) is 0 Å². The molecule has 0 radical (unpaired) electrons. The summed E-state index contributed by atoms with van der Waals surface area (Å²) in [6.45, 7) is 2.20. The van der Waals surface area contributed by atoms with Gasteiger partial charge in [-0.05, 0) is 50.3 Å². The largest absolute Gasteiger partial charge is 0.418 e. The lowest BCUT2D eigenvalue weighted by molar-refractivity contribution is -0.206. The summed E-state index contributed by atoms with van der Waals surface area (Å²) < 4.78 is 37.6. The first-order valence-corrected chi connectivity index (χ1v) is 8.08. The topological polar surface area (TPSA) is 60.8 Å². The summed E-state index contributed by atoms with van der Waals surface area (Å²) in [5, 5.41) is 18.8. The fraction of sp³-hybridized carbons (Fsp3) is 0.588. The number of carbonyl (C=O) groups excluding carboxylic acids is 1. The van der Waals surface area contributed by atoms with Crippen molar-refractivity contribution in [3.63, 3.8) is 0 Å². The maximum Gasteiger partial charge on any atom is 0.418 e. The second-order valence-corrected chi connectivity index (χ2v) is 6.12. The molecule has 1 unspecified atom stereocenters. The van der Waals surface area contributed by atoms with E-state index in [1.54, 1.807) is 6.92 Å². The molecule has 0 spiro atoms. The smallest absolute Gasteiger partial charge is 0.393 e. The van der Waals surface area contributed by atoms with E-state index in [2.05, 4.69) is 0 Å². The molecule has 0 saturated heterocycles. The number of alkyl halides is 3. The number of halogens is 3. The monoisotopic (exact) mass is 345 g/mol. The van der Waals surface area contributed by atoms with Crippen LogP contribution < -0.4 is 4.90 Å². The molecule has 1 aromatic carbocycles. The molecule has 1 aliphatic carbocycles. The van der Waals surface area contributed by atoms with E-state index >= 15 is 0 Å². The van der Waals surface area contributed by atoms with Crippen molar-refractivity contribution in [2.24, 2.45) is 5.92 Å². The third-order valence-corrected chi connectivity index (χ3v) is 4.46. The van der Waals surface area contributed by atoms with E-state index in [-0.39, 0.29) is 23.5 Å². The number of nitrogens with zero attached hydrogens (tertiary/aromatic N) is 1. The number of rotatable bonds is 4. The highest BCUT2D eigenvalue weighted by Gasteiger charge is 2.39. The van der Waals surface area contributed by atoms with Gasteiger partial charge in [-0.2, -0.15) is 13.2 Å². The molecule has 1 saturated carbocycles. The molecule has 2 N–H and O–H groups in total. The Bertz CT molecular complexity index is 551. The van der Waals surface area contributed by atoms with Gasteiger partial charge in [0.05, 0.1) is 6.10 Å². The van der Waals surface area contributed by atoms with E-state index in [1.807, 2.05) is 0 Å². The van der Waals surface area contributed by atoms with Gasteiger partial charge in [0.2, 0.25) is 5.91 Å². The Labute approximate surface area is 138 Å². The minimum Gasteiger partial charge on any atom is -0.393 e. The fourth-order valence-corrected chi connectivity index (χ4v) is 3.03. The normalized spacial score (nSPS) is 22.9. The molecule has 0 aliphatic heterocycles. The third-order valence-electron chi connectivity index (χ3n) is 4.46. The van der Waals surface area contributed by atoms with Crippen LogP contribution in [0, 0.1) is 5.92 Å². The Morgan fingerprint density at radius 1 is 1.21 bits per heavy atom. The summed E-state index contributed by atoms with van der Waals surface area (Å²) in [4.78, 5) is 14.2. The molecule has 1 atom stereocenters. The summed E-state index contributed by atoms with van der Waals surface area (Å²) in [6, 6.07) is 5.22. The summed E-state index contributed by atoms with van der Waals surface area (Å²) in [5.41, 5.74) is 0.252. The molecule has 1 aliphatic rings.